The Balaban J connectivity index is 2.07. The lowest BCUT2D eigenvalue weighted by Gasteiger charge is -2.42. The summed E-state index contributed by atoms with van der Waals surface area (Å²) in [5.41, 5.74) is 0.820. The van der Waals surface area contributed by atoms with Crippen LogP contribution in [-0.2, 0) is 6.42 Å². The first-order chi connectivity index (χ1) is 9.06. The molecule has 1 N–H and O–H groups in total. The summed E-state index contributed by atoms with van der Waals surface area (Å²) in [6, 6.07) is 3.96. The molecule has 106 valence electrons. The molecular weight excluding hydrogens is 304 g/mol. The third-order valence-corrected chi connectivity index (χ3v) is 4.92. The lowest BCUT2D eigenvalue weighted by atomic mass is 9.87. The Morgan fingerprint density at radius 3 is 2.63 bits per heavy atom. The summed E-state index contributed by atoms with van der Waals surface area (Å²) in [4.78, 5) is 6.81. The lowest BCUT2D eigenvalue weighted by Crippen LogP contribution is -2.53. The van der Waals surface area contributed by atoms with E-state index < -0.39 is 0 Å². The molecule has 0 spiro atoms. The highest BCUT2D eigenvalue weighted by Crippen LogP contribution is 2.29. The van der Waals surface area contributed by atoms with Gasteiger partial charge >= 0.3 is 0 Å². The van der Waals surface area contributed by atoms with Gasteiger partial charge in [0.15, 0.2) is 0 Å². The van der Waals surface area contributed by atoms with Crippen molar-refractivity contribution in [2.45, 2.75) is 51.2 Å². The fraction of sp³-hybridized carbons (Fsp3) is 0.667. The molecule has 0 saturated carbocycles. The van der Waals surface area contributed by atoms with Crippen LogP contribution in [0, 0.1) is 0 Å². The molecule has 1 saturated heterocycles. The van der Waals surface area contributed by atoms with Crippen LogP contribution in [0.4, 0.5) is 0 Å². The Bertz CT molecular complexity index is 403. The minimum atomic E-state index is -0.371. The van der Waals surface area contributed by atoms with E-state index in [0.29, 0.717) is 6.42 Å². The molecule has 4 heteroatoms. The van der Waals surface area contributed by atoms with Gasteiger partial charge in [-0.05, 0) is 67.3 Å². The van der Waals surface area contributed by atoms with Crippen molar-refractivity contribution in [3.8, 4) is 0 Å². The number of nitrogens with zero attached hydrogens (tertiary/aromatic N) is 2. The van der Waals surface area contributed by atoms with Gasteiger partial charge in [-0.3, -0.25) is 9.88 Å². The molecule has 1 fully saturated rings. The quantitative estimate of drug-likeness (QED) is 0.903. The molecule has 2 rings (SSSR count). The van der Waals surface area contributed by atoms with Crippen LogP contribution in [0.1, 0.15) is 38.8 Å². The molecule has 1 aromatic heterocycles. The van der Waals surface area contributed by atoms with E-state index in [-0.39, 0.29) is 11.6 Å². The summed E-state index contributed by atoms with van der Waals surface area (Å²) >= 11 is 3.39. The number of aliphatic hydroxyl groups excluding tert-OH is 1. The number of likely N-dealkylation sites (tertiary alicyclic amines) is 1. The number of pyridine rings is 1. The van der Waals surface area contributed by atoms with Crippen molar-refractivity contribution in [3.05, 3.63) is 28.5 Å². The lowest BCUT2D eigenvalue weighted by molar-refractivity contribution is -0.0122. The highest BCUT2D eigenvalue weighted by molar-refractivity contribution is 9.10. The van der Waals surface area contributed by atoms with Crippen LogP contribution in [0.3, 0.4) is 0 Å². The van der Waals surface area contributed by atoms with Crippen molar-refractivity contribution >= 4 is 15.9 Å². The zero-order valence-electron chi connectivity index (χ0n) is 11.8. The Kier molecular flexibility index (Phi) is 4.98. The highest BCUT2D eigenvalue weighted by Gasteiger charge is 2.38. The van der Waals surface area contributed by atoms with Crippen molar-refractivity contribution in [2.75, 3.05) is 13.1 Å². The topological polar surface area (TPSA) is 36.4 Å². The zero-order valence-corrected chi connectivity index (χ0v) is 13.4. The monoisotopic (exact) mass is 326 g/mol. The number of hydrogen-bond acceptors (Lipinski definition) is 3. The highest BCUT2D eigenvalue weighted by atomic mass is 79.9. The Morgan fingerprint density at radius 1 is 1.42 bits per heavy atom. The van der Waals surface area contributed by atoms with Crippen LogP contribution >= 0.6 is 15.9 Å². The fourth-order valence-corrected chi connectivity index (χ4v) is 3.08. The molecule has 0 bridgehead atoms. The number of aliphatic hydroxyl groups is 1. The summed E-state index contributed by atoms with van der Waals surface area (Å²) in [6.07, 6.45) is 5.50. The van der Waals surface area contributed by atoms with Gasteiger partial charge in [0.2, 0.25) is 0 Å². The second kappa shape index (κ2) is 6.33. The number of hydrogen-bond donors (Lipinski definition) is 1. The van der Waals surface area contributed by atoms with Gasteiger partial charge in [0.25, 0.3) is 0 Å². The van der Waals surface area contributed by atoms with Crippen LogP contribution in [-0.4, -0.2) is 39.7 Å². The van der Waals surface area contributed by atoms with Crippen LogP contribution < -0.4 is 0 Å². The molecule has 19 heavy (non-hydrogen) atoms. The van der Waals surface area contributed by atoms with Crippen molar-refractivity contribution in [3.63, 3.8) is 0 Å². The van der Waals surface area contributed by atoms with Crippen LogP contribution in [0.25, 0.3) is 0 Å². The van der Waals surface area contributed by atoms with E-state index in [2.05, 4.69) is 39.7 Å². The van der Waals surface area contributed by atoms with Crippen molar-refractivity contribution in [1.82, 2.24) is 9.88 Å². The SMILES string of the molecule is CCC(C)(C(O)Cc1ccc(Br)cn1)N1CCCC1. The van der Waals surface area contributed by atoms with Gasteiger partial charge in [-0.1, -0.05) is 6.92 Å². The first kappa shape index (κ1) is 14.9. The normalized spacial score (nSPS) is 21.3. The first-order valence-electron chi connectivity index (χ1n) is 7.10. The summed E-state index contributed by atoms with van der Waals surface area (Å²) in [5, 5.41) is 10.7. The van der Waals surface area contributed by atoms with Crippen molar-refractivity contribution in [1.29, 1.82) is 0 Å². The predicted molar refractivity (Wildman–Crippen MR) is 81.2 cm³/mol. The van der Waals surface area contributed by atoms with Crippen LogP contribution in [0.2, 0.25) is 0 Å². The third kappa shape index (κ3) is 3.36. The minimum absolute atomic E-state index is 0.134. The number of aromatic nitrogens is 1. The van der Waals surface area contributed by atoms with Gasteiger partial charge in [0.05, 0.1) is 6.10 Å². The molecular formula is C15H23BrN2O. The van der Waals surface area contributed by atoms with Gasteiger partial charge < -0.3 is 5.11 Å². The minimum Gasteiger partial charge on any atom is -0.391 e. The van der Waals surface area contributed by atoms with Crippen LogP contribution in [0.15, 0.2) is 22.8 Å². The maximum Gasteiger partial charge on any atom is 0.0776 e. The number of halogens is 1. The molecule has 2 unspecified atom stereocenters. The Labute approximate surface area is 124 Å². The Hall–Kier alpha value is -0.450. The predicted octanol–water partition coefficient (Wildman–Crippen LogP) is 3.01. The molecule has 2 atom stereocenters. The fourth-order valence-electron chi connectivity index (χ4n) is 2.84. The van der Waals surface area contributed by atoms with Crippen LogP contribution in [0.5, 0.6) is 0 Å². The van der Waals surface area contributed by atoms with E-state index in [1.54, 1.807) is 6.20 Å². The van der Waals surface area contributed by atoms with E-state index in [9.17, 15) is 5.11 Å². The van der Waals surface area contributed by atoms with E-state index in [4.69, 9.17) is 0 Å². The van der Waals surface area contributed by atoms with Crippen molar-refractivity contribution < 1.29 is 5.11 Å². The molecule has 0 radical (unpaired) electrons. The standard InChI is InChI=1S/C15H23BrN2O/c1-3-15(2,18-8-4-5-9-18)14(19)10-13-7-6-12(16)11-17-13/h6-7,11,14,19H,3-5,8-10H2,1-2H3. The number of rotatable bonds is 5. The van der Waals surface area contributed by atoms with Gasteiger partial charge in [-0.15, -0.1) is 0 Å². The van der Waals surface area contributed by atoms with Gasteiger partial charge in [0.1, 0.15) is 0 Å². The summed E-state index contributed by atoms with van der Waals surface area (Å²) in [6.45, 7) is 6.56. The average Bonchev–Trinajstić information content (AvgIpc) is 2.95. The van der Waals surface area contributed by atoms with Gasteiger partial charge in [-0.2, -0.15) is 0 Å². The summed E-state index contributed by atoms with van der Waals surface area (Å²) < 4.78 is 0.975. The second-order valence-corrected chi connectivity index (χ2v) is 6.51. The van der Waals surface area contributed by atoms with Gasteiger partial charge in [0, 0.05) is 28.3 Å². The molecule has 3 nitrogen and oxygen atoms in total. The zero-order chi connectivity index (χ0) is 13.9. The molecule has 0 aromatic carbocycles. The molecule has 1 aliphatic rings. The largest absolute Gasteiger partial charge is 0.391 e. The first-order valence-corrected chi connectivity index (χ1v) is 7.89. The second-order valence-electron chi connectivity index (χ2n) is 5.59. The molecule has 0 aliphatic carbocycles. The maximum atomic E-state index is 10.7. The summed E-state index contributed by atoms with van der Waals surface area (Å²) in [7, 11) is 0. The van der Waals surface area contributed by atoms with E-state index in [1.165, 1.54) is 12.8 Å². The van der Waals surface area contributed by atoms with E-state index in [0.717, 1.165) is 29.7 Å². The molecule has 2 heterocycles. The Morgan fingerprint density at radius 2 is 2.11 bits per heavy atom. The molecule has 1 aliphatic heterocycles. The molecule has 0 amide bonds. The smallest absolute Gasteiger partial charge is 0.0776 e. The van der Waals surface area contributed by atoms with Gasteiger partial charge in [-0.25, -0.2) is 0 Å². The molecule has 1 aromatic rings. The maximum absolute atomic E-state index is 10.7. The van der Waals surface area contributed by atoms with E-state index >= 15 is 0 Å². The van der Waals surface area contributed by atoms with E-state index in [1.807, 2.05) is 12.1 Å². The third-order valence-electron chi connectivity index (χ3n) is 4.45. The summed E-state index contributed by atoms with van der Waals surface area (Å²) in [5.74, 6) is 0. The van der Waals surface area contributed by atoms with Crippen molar-refractivity contribution in [2.24, 2.45) is 0 Å². The average molecular weight is 327 g/mol.